The van der Waals surface area contributed by atoms with E-state index >= 15 is 0 Å². The fraction of sp³-hybridized carbons (Fsp3) is 0.519. The zero-order valence-electron chi connectivity index (χ0n) is 22.2. The molecule has 0 atom stereocenters. The maximum atomic E-state index is 13.7. The van der Waals surface area contributed by atoms with Crippen LogP contribution >= 0.6 is 0 Å². The lowest BCUT2D eigenvalue weighted by molar-refractivity contribution is 0.0846. The molecule has 1 aliphatic heterocycles. The summed E-state index contributed by atoms with van der Waals surface area (Å²) in [7, 11) is 3.90. The van der Waals surface area contributed by atoms with Crippen LogP contribution in [0.1, 0.15) is 58.4 Å². The van der Waals surface area contributed by atoms with Crippen LogP contribution in [-0.4, -0.2) is 60.7 Å². The Morgan fingerprint density at radius 1 is 1.19 bits per heavy atom. The Hall–Kier alpha value is -3.17. The minimum Gasteiger partial charge on any atom is -0.439 e. The fourth-order valence-corrected chi connectivity index (χ4v) is 5.09. The molecule has 1 saturated heterocycles. The van der Waals surface area contributed by atoms with Gasteiger partial charge in [0.1, 0.15) is 5.52 Å². The molecule has 0 saturated carbocycles. The van der Waals surface area contributed by atoms with Gasteiger partial charge in [0.15, 0.2) is 5.58 Å². The number of ether oxygens (including phenoxy) is 1. The Bertz CT molecular complexity index is 1300. The highest BCUT2D eigenvalue weighted by molar-refractivity contribution is 6.07. The largest absolute Gasteiger partial charge is 0.439 e. The van der Waals surface area contributed by atoms with E-state index in [0.717, 1.165) is 55.1 Å². The molecule has 0 radical (unpaired) electrons. The standard InChI is InChI=1S/C27H37N5O4/c1-7-32(19-8-10-35-11-9-19)21-13-22-25(30-23(36-22)15-31(5)6)24(18(21)4)27(34)28-14-20-16(2)12-17(3)29-26(20)33/h12-13,19H,7-11,14-15H2,1-6H3,(H,28,34)(H,29,33). The number of rotatable bonds is 8. The van der Waals surface area contributed by atoms with Gasteiger partial charge in [0.25, 0.3) is 11.5 Å². The first-order chi connectivity index (χ1) is 17.2. The topological polar surface area (TPSA) is 104 Å². The van der Waals surface area contributed by atoms with Crippen LogP contribution in [0.25, 0.3) is 11.1 Å². The second-order valence-corrected chi connectivity index (χ2v) is 9.84. The molecule has 9 heteroatoms. The number of aromatic nitrogens is 2. The summed E-state index contributed by atoms with van der Waals surface area (Å²) < 4.78 is 11.7. The number of nitrogens with zero attached hydrogens (tertiary/aromatic N) is 3. The summed E-state index contributed by atoms with van der Waals surface area (Å²) in [5.74, 6) is 0.284. The van der Waals surface area contributed by atoms with Crippen molar-refractivity contribution in [1.29, 1.82) is 0 Å². The molecular weight excluding hydrogens is 458 g/mol. The van der Waals surface area contributed by atoms with Gasteiger partial charge in [0.2, 0.25) is 5.89 Å². The van der Waals surface area contributed by atoms with E-state index in [9.17, 15) is 9.59 Å². The average molecular weight is 496 g/mol. The van der Waals surface area contributed by atoms with E-state index in [1.54, 1.807) is 0 Å². The molecule has 0 spiro atoms. The SMILES string of the molecule is CCN(c1cc2oc(CN(C)C)nc2c(C(=O)NCc2c(C)cc(C)[nH]c2=O)c1C)C1CCOCC1. The Morgan fingerprint density at radius 3 is 2.56 bits per heavy atom. The molecule has 194 valence electrons. The van der Waals surface area contributed by atoms with E-state index in [1.807, 2.05) is 51.9 Å². The summed E-state index contributed by atoms with van der Waals surface area (Å²) in [4.78, 5) is 38.0. The Labute approximate surface area is 211 Å². The van der Waals surface area contributed by atoms with E-state index in [2.05, 4.69) is 22.1 Å². The summed E-state index contributed by atoms with van der Waals surface area (Å²) in [6.07, 6.45) is 1.87. The summed E-state index contributed by atoms with van der Waals surface area (Å²) in [6.45, 7) is 10.7. The van der Waals surface area contributed by atoms with Gasteiger partial charge in [-0.15, -0.1) is 0 Å². The molecule has 1 amide bonds. The monoisotopic (exact) mass is 495 g/mol. The third-order valence-corrected chi connectivity index (χ3v) is 6.84. The molecule has 1 aromatic carbocycles. The number of carbonyl (C=O) groups excluding carboxylic acids is 1. The molecule has 0 aliphatic carbocycles. The average Bonchev–Trinajstić information content (AvgIpc) is 3.20. The van der Waals surface area contributed by atoms with Crippen molar-refractivity contribution in [2.45, 2.75) is 59.7 Å². The van der Waals surface area contributed by atoms with Crippen molar-refractivity contribution in [3.05, 3.63) is 56.3 Å². The molecule has 3 heterocycles. The van der Waals surface area contributed by atoms with E-state index in [0.29, 0.717) is 40.7 Å². The third kappa shape index (κ3) is 5.32. The van der Waals surface area contributed by atoms with Gasteiger partial charge in [-0.3, -0.25) is 9.59 Å². The van der Waals surface area contributed by atoms with E-state index in [4.69, 9.17) is 14.1 Å². The van der Waals surface area contributed by atoms with Crippen molar-refractivity contribution in [1.82, 2.24) is 20.2 Å². The number of nitrogens with one attached hydrogen (secondary N) is 2. The van der Waals surface area contributed by atoms with Crippen LogP contribution in [-0.2, 0) is 17.8 Å². The van der Waals surface area contributed by atoms with Crippen LogP contribution in [0.4, 0.5) is 5.69 Å². The second kappa shape index (κ2) is 10.8. The molecule has 9 nitrogen and oxygen atoms in total. The highest BCUT2D eigenvalue weighted by atomic mass is 16.5. The summed E-state index contributed by atoms with van der Waals surface area (Å²) in [5, 5.41) is 2.97. The van der Waals surface area contributed by atoms with Crippen molar-refractivity contribution >= 4 is 22.7 Å². The number of amides is 1. The van der Waals surface area contributed by atoms with E-state index in [1.165, 1.54) is 0 Å². The Morgan fingerprint density at radius 2 is 1.92 bits per heavy atom. The van der Waals surface area contributed by atoms with Gasteiger partial charge in [-0.1, -0.05) is 0 Å². The molecule has 0 bridgehead atoms. The number of oxazole rings is 1. The van der Waals surface area contributed by atoms with Crippen molar-refractivity contribution in [3.63, 3.8) is 0 Å². The Kier molecular flexibility index (Phi) is 7.80. The number of benzene rings is 1. The van der Waals surface area contributed by atoms with E-state index in [-0.39, 0.29) is 18.0 Å². The zero-order chi connectivity index (χ0) is 26.0. The summed E-state index contributed by atoms with van der Waals surface area (Å²) in [6, 6.07) is 4.25. The molecule has 1 aliphatic rings. The first kappa shape index (κ1) is 25.9. The molecule has 36 heavy (non-hydrogen) atoms. The maximum absolute atomic E-state index is 13.7. The van der Waals surface area contributed by atoms with Gasteiger partial charge in [0.05, 0.1) is 12.1 Å². The minimum atomic E-state index is -0.272. The van der Waals surface area contributed by atoms with Crippen molar-refractivity contribution in [2.24, 2.45) is 0 Å². The molecule has 3 aromatic rings. The first-order valence-electron chi connectivity index (χ1n) is 12.6. The second-order valence-electron chi connectivity index (χ2n) is 9.84. The number of pyridine rings is 1. The predicted octanol–water partition coefficient (Wildman–Crippen LogP) is 3.44. The number of hydrogen-bond donors (Lipinski definition) is 2. The molecule has 2 N–H and O–H groups in total. The number of fused-ring (bicyclic) bond motifs is 1. The predicted molar refractivity (Wildman–Crippen MR) is 141 cm³/mol. The van der Waals surface area contributed by atoms with Crippen LogP contribution in [0.3, 0.4) is 0 Å². The van der Waals surface area contributed by atoms with Gasteiger partial charge in [-0.2, -0.15) is 0 Å². The van der Waals surface area contributed by atoms with Crippen molar-refractivity contribution in [3.8, 4) is 0 Å². The number of aromatic amines is 1. The molecule has 2 aromatic heterocycles. The lowest BCUT2D eigenvalue weighted by Crippen LogP contribution is -2.40. The number of carbonyl (C=O) groups is 1. The van der Waals surface area contributed by atoms with E-state index < -0.39 is 0 Å². The number of H-pyrrole nitrogens is 1. The number of hydrogen-bond acceptors (Lipinski definition) is 7. The lowest BCUT2D eigenvalue weighted by atomic mass is 9.99. The molecule has 4 rings (SSSR count). The summed E-state index contributed by atoms with van der Waals surface area (Å²) in [5.41, 5.74) is 5.45. The smallest absolute Gasteiger partial charge is 0.254 e. The highest BCUT2D eigenvalue weighted by Crippen LogP contribution is 2.34. The van der Waals surface area contributed by atoms with Crippen molar-refractivity contribution < 1.29 is 13.9 Å². The number of anilines is 1. The van der Waals surface area contributed by atoms with Gasteiger partial charge >= 0.3 is 0 Å². The maximum Gasteiger partial charge on any atom is 0.254 e. The Balaban J connectivity index is 1.76. The zero-order valence-corrected chi connectivity index (χ0v) is 22.2. The van der Waals surface area contributed by atoms with Crippen LogP contribution in [0.15, 0.2) is 21.3 Å². The molecule has 0 unspecified atom stereocenters. The van der Waals surface area contributed by atoms with Crippen LogP contribution in [0.2, 0.25) is 0 Å². The van der Waals surface area contributed by atoms with Crippen LogP contribution in [0, 0.1) is 20.8 Å². The van der Waals surface area contributed by atoms with Crippen molar-refractivity contribution in [2.75, 3.05) is 38.8 Å². The number of aryl methyl sites for hydroxylation is 2. The quantitative estimate of drug-likeness (QED) is 0.493. The summed E-state index contributed by atoms with van der Waals surface area (Å²) >= 11 is 0. The highest BCUT2D eigenvalue weighted by Gasteiger charge is 2.27. The fourth-order valence-electron chi connectivity index (χ4n) is 5.09. The van der Waals surface area contributed by atoms with Crippen LogP contribution < -0.4 is 15.8 Å². The van der Waals surface area contributed by atoms with Gasteiger partial charge in [-0.25, -0.2) is 4.98 Å². The van der Waals surface area contributed by atoms with Gasteiger partial charge in [-0.05, 0) is 71.8 Å². The molecule has 1 fully saturated rings. The molecular formula is C27H37N5O4. The first-order valence-corrected chi connectivity index (χ1v) is 12.6. The third-order valence-electron chi connectivity index (χ3n) is 6.84. The lowest BCUT2D eigenvalue weighted by Gasteiger charge is -2.36. The normalized spacial score (nSPS) is 14.5. The van der Waals surface area contributed by atoms with Crippen LogP contribution in [0.5, 0.6) is 0 Å². The van der Waals surface area contributed by atoms with Gasteiger partial charge < -0.3 is 29.3 Å². The van der Waals surface area contributed by atoms with Gasteiger partial charge in [0, 0.05) is 55.4 Å². The minimum absolute atomic E-state index is 0.130.